The Morgan fingerprint density at radius 3 is 2.94 bits per heavy atom. The van der Waals surface area contributed by atoms with E-state index in [2.05, 4.69) is 42.1 Å². The van der Waals surface area contributed by atoms with Crippen molar-refractivity contribution < 1.29 is 0 Å². The van der Waals surface area contributed by atoms with Gasteiger partial charge in [-0.25, -0.2) is 9.97 Å². The van der Waals surface area contributed by atoms with Crippen LogP contribution in [-0.2, 0) is 0 Å². The number of anilines is 1. The molecule has 2 unspecified atom stereocenters. The van der Waals surface area contributed by atoms with Crippen molar-refractivity contribution in [3.05, 3.63) is 18.1 Å². The van der Waals surface area contributed by atoms with E-state index in [4.69, 9.17) is 0 Å². The summed E-state index contributed by atoms with van der Waals surface area (Å²) in [6, 6.07) is 2.72. The molecule has 0 aliphatic heterocycles. The predicted molar refractivity (Wildman–Crippen MR) is 66.5 cm³/mol. The first-order chi connectivity index (χ1) is 7.70. The molecule has 1 N–H and O–H groups in total. The van der Waals surface area contributed by atoms with Gasteiger partial charge in [-0.3, -0.25) is 0 Å². The van der Waals surface area contributed by atoms with Crippen molar-refractivity contribution in [2.75, 3.05) is 5.32 Å². The lowest BCUT2D eigenvalue weighted by Gasteiger charge is -2.08. The second-order valence-corrected chi connectivity index (χ2v) is 5.02. The van der Waals surface area contributed by atoms with Crippen molar-refractivity contribution in [2.24, 2.45) is 5.92 Å². The molecular formula is C13H21N3. The van der Waals surface area contributed by atoms with Crippen molar-refractivity contribution in [1.29, 1.82) is 0 Å². The molecule has 1 heterocycles. The van der Waals surface area contributed by atoms with Crippen molar-refractivity contribution in [3.8, 4) is 0 Å². The highest BCUT2D eigenvalue weighted by Crippen LogP contribution is 2.36. The summed E-state index contributed by atoms with van der Waals surface area (Å²) in [6.07, 6.45) is 5.58. The Hall–Kier alpha value is -1.12. The monoisotopic (exact) mass is 219 g/mol. The van der Waals surface area contributed by atoms with E-state index in [1.54, 1.807) is 6.33 Å². The second-order valence-electron chi connectivity index (χ2n) is 5.02. The molecule has 16 heavy (non-hydrogen) atoms. The molecule has 1 aromatic rings. The smallest absolute Gasteiger partial charge is 0.129 e. The molecule has 1 saturated carbocycles. The van der Waals surface area contributed by atoms with E-state index in [-0.39, 0.29) is 0 Å². The SMILES string of the molecule is CCCC1CC1Nc1cc(C(C)C)ncn1. The maximum absolute atomic E-state index is 4.27. The van der Waals surface area contributed by atoms with E-state index >= 15 is 0 Å². The number of hydrogen-bond donors (Lipinski definition) is 1. The molecule has 3 nitrogen and oxygen atoms in total. The summed E-state index contributed by atoms with van der Waals surface area (Å²) in [7, 11) is 0. The highest BCUT2D eigenvalue weighted by Gasteiger charge is 2.36. The summed E-state index contributed by atoms with van der Waals surface area (Å²) in [5.74, 6) is 2.32. The molecule has 0 radical (unpaired) electrons. The average molecular weight is 219 g/mol. The highest BCUT2D eigenvalue weighted by molar-refractivity contribution is 5.38. The molecule has 0 bridgehead atoms. The van der Waals surface area contributed by atoms with Gasteiger partial charge in [0, 0.05) is 17.8 Å². The third kappa shape index (κ3) is 2.71. The second kappa shape index (κ2) is 4.81. The molecule has 2 rings (SSSR count). The molecule has 0 saturated heterocycles. The lowest BCUT2D eigenvalue weighted by Crippen LogP contribution is -2.07. The van der Waals surface area contributed by atoms with Gasteiger partial charge in [0.1, 0.15) is 12.1 Å². The molecule has 0 spiro atoms. The Bertz CT molecular complexity index is 349. The zero-order valence-corrected chi connectivity index (χ0v) is 10.4. The van der Waals surface area contributed by atoms with Crippen molar-refractivity contribution in [2.45, 2.75) is 52.0 Å². The van der Waals surface area contributed by atoms with Gasteiger partial charge in [-0.15, -0.1) is 0 Å². The number of nitrogens with one attached hydrogen (secondary N) is 1. The van der Waals surface area contributed by atoms with Crippen LogP contribution in [0.2, 0.25) is 0 Å². The zero-order valence-electron chi connectivity index (χ0n) is 10.4. The van der Waals surface area contributed by atoms with E-state index in [1.165, 1.54) is 19.3 Å². The van der Waals surface area contributed by atoms with Gasteiger partial charge in [-0.1, -0.05) is 27.2 Å². The fourth-order valence-electron chi connectivity index (χ4n) is 2.07. The minimum Gasteiger partial charge on any atom is -0.367 e. The van der Waals surface area contributed by atoms with Crippen LogP contribution in [0.1, 0.15) is 51.6 Å². The molecule has 1 aromatic heterocycles. The summed E-state index contributed by atoms with van der Waals surface area (Å²) in [5.41, 5.74) is 1.12. The molecule has 3 heteroatoms. The van der Waals surface area contributed by atoms with Gasteiger partial charge in [0.25, 0.3) is 0 Å². The Kier molecular flexibility index (Phi) is 3.42. The van der Waals surface area contributed by atoms with Crippen LogP contribution in [0.25, 0.3) is 0 Å². The van der Waals surface area contributed by atoms with Gasteiger partial charge in [-0.2, -0.15) is 0 Å². The van der Waals surface area contributed by atoms with Gasteiger partial charge in [-0.05, 0) is 24.7 Å². The maximum Gasteiger partial charge on any atom is 0.129 e. The maximum atomic E-state index is 4.27. The zero-order chi connectivity index (χ0) is 11.5. The number of rotatable bonds is 5. The molecule has 1 aliphatic rings. The van der Waals surface area contributed by atoms with Gasteiger partial charge >= 0.3 is 0 Å². The van der Waals surface area contributed by atoms with E-state index in [1.807, 2.05) is 0 Å². The van der Waals surface area contributed by atoms with Crippen LogP contribution < -0.4 is 5.32 Å². The Morgan fingerprint density at radius 1 is 1.44 bits per heavy atom. The van der Waals surface area contributed by atoms with Crippen LogP contribution >= 0.6 is 0 Å². The third-order valence-electron chi connectivity index (χ3n) is 3.20. The lowest BCUT2D eigenvalue weighted by atomic mass is 10.1. The van der Waals surface area contributed by atoms with Crippen LogP contribution in [0, 0.1) is 5.92 Å². The van der Waals surface area contributed by atoms with Crippen LogP contribution in [0.5, 0.6) is 0 Å². The van der Waals surface area contributed by atoms with Crippen LogP contribution in [0.15, 0.2) is 12.4 Å². The van der Waals surface area contributed by atoms with Gasteiger partial charge in [0.2, 0.25) is 0 Å². The lowest BCUT2D eigenvalue weighted by molar-refractivity contribution is 0.692. The third-order valence-corrected chi connectivity index (χ3v) is 3.20. The Morgan fingerprint density at radius 2 is 2.25 bits per heavy atom. The number of nitrogens with zero attached hydrogens (tertiary/aromatic N) is 2. The quantitative estimate of drug-likeness (QED) is 0.826. The van der Waals surface area contributed by atoms with E-state index < -0.39 is 0 Å². The minimum atomic E-state index is 0.467. The molecule has 0 aromatic carbocycles. The standard InChI is InChI=1S/C13H21N3/c1-4-5-10-6-12(10)16-13-7-11(9(2)3)14-8-15-13/h7-10,12H,4-6H2,1-3H3,(H,14,15,16). The van der Waals surface area contributed by atoms with Gasteiger partial charge in [0.05, 0.1) is 0 Å². The largest absolute Gasteiger partial charge is 0.367 e. The molecule has 1 fully saturated rings. The fraction of sp³-hybridized carbons (Fsp3) is 0.692. The first kappa shape index (κ1) is 11.4. The average Bonchev–Trinajstić information content (AvgIpc) is 2.97. The summed E-state index contributed by atoms with van der Waals surface area (Å²) in [6.45, 7) is 6.56. The van der Waals surface area contributed by atoms with Crippen LogP contribution in [0.3, 0.4) is 0 Å². The van der Waals surface area contributed by atoms with E-state index in [0.717, 1.165) is 17.4 Å². The van der Waals surface area contributed by atoms with Crippen molar-refractivity contribution in [3.63, 3.8) is 0 Å². The predicted octanol–water partition coefficient (Wildman–Crippen LogP) is 3.20. The van der Waals surface area contributed by atoms with E-state index in [0.29, 0.717) is 12.0 Å². The first-order valence-corrected chi connectivity index (χ1v) is 6.29. The molecule has 2 atom stereocenters. The van der Waals surface area contributed by atoms with Crippen molar-refractivity contribution >= 4 is 5.82 Å². The summed E-state index contributed by atoms with van der Waals surface area (Å²) >= 11 is 0. The molecule has 88 valence electrons. The summed E-state index contributed by atoms with van der Waals surface area (Å²) in [5, 5.41) is 3.49. The molecular weight excluding hydrogens is 198 g/mol. The molecule has 1 aliphatic carbocycles. The van der Waals surface area contributed by atoms with Crippen molar-refractivity contribution in [1.82, 2.24) is 9.97 Å². The number of hydrogen-bond acceptors (Lipinski definition) is 3. The topological polar surface area (TPSA) is 37.8 Å². The Balaban J connectivity index is 1.93. The number of aromatic nitrogens is 2. The van der Waals surface area contributed by atoms with Crippen LogP contribution in [0.4, 0.5) is 5.82 Å². The fourth-order valence-corrected chi connectivity index (χ4v) is 2.07. The first-order valence-electron chi connectivity index (χ1n) is 6.29. The van der Waals surface area contributed by atoms with E-state index in [9.17, 15) is 0 Å². The summed E-state index contributed by atoms with van der Waals surface area (Å²) in [4.78, 5) is 8.55. The van der Waals surface area contributed by atoms with Gasteiger partial charge in [0.15, 0.2) is 0 Å². The normalized spacial score (nSPS) is 23.5. The Labute approximate surface area is 97.7 Å². The van der Waals surface area contributed by atoms with Gasteiger partial charge < -0.3 is 5.32 Å². The highest BCUT2D eigenvalue weighted by atomic mass is 15.1. The summed E-state index contributed by atoms with van der Waals surface area (Å²) < 4.78 is 0. The van der Waals surface area contributed by atoms with Crippen LogP contribution in [-0.4, -0.2) is 16.0 Å². The molecule has 0 amide bonds. The minimum absolute atomic E-state index is 0.467.